The molecule has 3 N–H and O–H groups in total. The summed E-state index contributed by atoms with van der Waals surface area (Å²) >= 11 is 1.28. The molecule has 0 bridgehead atoms. The van der Waals surface area contributed by atoms with Gasteiger partial charge < -0.3 is 11.1 Å². The molecule has 102 valence electrons. The molecule has 0 atom stereocenters. The van der Waals surface area contributed by atoms with E-state index in [2.05, 4.69) is 22.2 Å². The number of nitrogens with zero attached hydrogens (tertiary/aromatic N) is 2. The molecule has 2 aromatic rings. The van der Waals surface area contributed by atoms with Gasteiger partial charge in [-0.05, 0) is 20.3 Å². The molecule has 0 spiro atoms. The number of hydrogen-bond acceptors (Lipinski definition) is 5. The van der Waals surface area contributed by atoms with E-state index in [1.165, 1.54) is 11.3 Å². The van der Waals surface area contributed by atoms with Gasteiger partial charge in [0.2, 0.25) is 0 Å². The van der Waals surface area contributed by atoms with E-state index in [1.807, 2.05) is 13.8 Å². The van der Waals surface area contributed by atoms with Gasteiger partial charge in [0, 0.05) is 17.9 Å². The van der Waals surface area contributed by atoms with Gasteiger partial charge in [0.25, 0.3) is 5.91 Å². The second kappa shape index (κ2) is 5.13. The number of nitrogen functional groups attached to an aromatic ring is 1. The first-order valence-corrected chi connectivity index (χ1v) is 7.08. The van der Waals surface area contributed by atoms with E-state index in [-0.39, 0.29) is 11.4 Å². The zero-order chi connectivity index (χ0) is 14.0. The molecule has 0 saturated heterocycles. The summed E-state index contributed by atoms with van der Waals surface area (Å²) < 4.78 is 0. The minimum atomic E-state index is -0.241. The Hall–Kier alpha value is -1.69. The summed E-state index contributed by atoms with van der Waals surface area (Å²) in [5, 5.41) is 3.01. The number of amides is 1. The predicted molar refractivity (Wildman–Crippen MR) is 78.3 cm³/mol. The molecule has 0 fully saturated rings. The van der Waals surface area contributed by atoms with E-state index in [4.69, 9.17) is 5.73 Å². The van der Waals surface area contributed by atoms with Crippen LogP contribution in [0.15, 0.2) is 12.4 Å². The van der Waals surface area contributed by atoms with Crippen molar-refractivity contribution < 1.29 is 4.79 Å². The number of carbonyl (C=O) groups excluding carboxylic acids is 1. The quantitative estimate of drug-likeness (QED) is 0.900. The lowest BCUT2D eigenvalue weighted by Crippen LogP contribution is -2.43. The van der Waals surface area contributed by atoms with Crippen LogP contribution in [0.25, 0.3) is 10.3 Å². The Morgan fingerprint density at radius 1 is 1.42 bits per heavy atom. The van der Waals surface area contributed by atoms with Crippen LogP contribution < -0.4 is 11.1 Å². The van der Waals surface area contributed by atoms with Crippen LogP contribution in [-0.2, 0) is 0 Å². The minimum absolute atomic E-state index is 0.152. The lowest BCUT2D eigenvalue weighted by molar-refractivity contribution is 0.0914. The molecular weight excluding hydrogens is 260 g/mol. The maximum absolute atomic E-state index is 12.3. The maximum atomic E-state index is 12.3. The minimum Gasteiger partial charge on any atom is -0.396 e. The summed E-state index contributed by atoms with van der Waals surface area (Å²) in [5.74, 6) is -0.152. The van der Waals surface area contributed by atoms with Crippen molar-refractivity contribution in [3.05, 3.63) is 17.3 Å². The summed E-state index contributed by atoms with van der Waals surface area (Å²) in [4.78, 5) is 21.8. The standard InChI is InChI=1S/C13H18N4OS/c1-4-5-13(2,3)17-11(18)10-8(14)9-12(19-10)16-7-6-15-9/h6-7H,4-5,14H2,1-3H3,(H,17,18). The van der Waals surface area contributed by atoms with Crippen LogP contribution in [0, 0.1) is 0 Å². The number of thiophene rings is 1. The number of anilines is 1. The summed E-state index contributed by atoms with van der Waals surface area (Å²) in [6.07, 6.45) is 5.10. The Bertz CT molecular complexity index is 606. The molecule has 0 unspecified atom stereocenters. The molecule has 6 heteroatoms. The monoisotopic (exact) mass is 278 g/mol. The fourth-order valence-corrected chi connectivity index (χ4v) is 2.98. The topological polar surface area (TPSA) is 80.9 Å². The molecule has 19 heavy (non-hydrogen) atoms. The summed E-state index contributed by atoms with van der Waals surface area (Å²) in [7, 11) is 0. The first kappa shape index (κ1) is 13.7. The number of fused-ring (bicyclic) bond motifs is 1. The number of rotatable bonds is 4. The van der Waals surface area contributed by atoms with E-state index in [1.54, 1.807) is 12.4 Å². The van der Waals surface area contributed by atoms with Gasteiger partial charge in [0.15, 0.2) is 0 Å². The molecule has 0 aliphatic rings. The Morgan fingerprint density at radius 3 is 2.74 bits per heavy atom. The molecule has 2 aromatic heterocycles. The highest BCUT2D eigenvalue weighted by atomic mass is 32.1. The Labute approximate surface area is 116 Å². The van der Waals surface area contributed by atoms with Crippen molar-refractivity contribution in [2.75, 3.05) is 5.73 Å². The maximum Gasteiger partial charge on any atom is 0.264 e. The molecule has 0 aliphatic carbocycles. The highest BCUT2D eigenvalue weighted by molar-refractivity contribution is 7.21. The summed E-state index contributed by atoms with van der Waals surface area (Å²) in [5.41, 5.74) is 6.76. The third-order valence-electron chi connectivity index (χ3n) is 2.90. The van der Waals surface area contributed by atoms with Gasteiger partial charge in [-0.25, -0.2) is 9.97 Å². The number of nitrogens with two attached hydrogens (primary N) is 1. The second-order valence-corrected chi connectivity index (χ2v) is 6.14. The summed E-state index contributed by atoms with van der Waals surface area (Å²) in [6, 6.07) is 0. The van der Waals surface area contributed by atoms with Gasteiger partial charge in [0.1, 0.15) is 15.2 Å². The van der Waals surface area contributed by atoms with Gasteiger partial charge in [0.05, 0.1) is 5.69 Å². The molecule has 0 aromatic carbocycles. The van der Waals surface area contributed by atoms with E-state index < -0.39 is 0 Å². The Morgan fingerprint density at radius 2 is 2.11 bits per heavy atom. The average Bonchev–Trinajstić information content (AvgIpc) is 2.67. The molecule has 0 aliphatic heterocycles. The zero-order valence-electron chi connectivity index (χ0n) is 11.4. The van der Waals surface area contributed by atoms with Crippen molar-refractivity contribution in [3.8, 4) is 0 Å². The smallest absolute Gasteiger partial charge is 0.264 e. The molecule has 0 radical (unpaired) electrons. The SMILES string of the molecule is CCCC(C)(C)NC(=O)c1sc2nccnc2c1N. The molecular formula is C13H18N4OS. The van der Waals surface area contributed by atoms with Crippen LogP contribution in [0.2, 0.25) is 0 Å². The van der Waals surface area contributed by atoms with Crippen LogP contribution in [0.1, 0.15) is 43.3 Å². The van der Waals surface area contributed by atoms with Crippen molar-refractivity contribution in [3.63, 3.8) is 0 Å². The van der Waals surface area contributed by atoms with Gasteiger partial charge in [-0.15, -0.1) is 11.3 Å². The van der Waals surface area contributed by atoms with Gasteiger partial charge >= 0.3 is 0 Å². The molecule has 2 heterocycles. The van der Waals surface area contributed by atoms with Crippen LogP contribution in [-0.4, -0.2) is 21.4 Å². The third-order valence-corrected chi connectivity index (χ3v) is 4.00. The average molecular weight is 278 g/mol. The fraction of sp³-hybridized carbons (Fsp3) is 0.462. The van der Waals surface area contributed by atoms with Crippen LogP contribution in [0.5, 0.6) is 0 Å². The van der Waals surface area contributed by atoms with E-state index in [9.17, 15) is 4.79 Å². The van der Waals surface area contributed by atoms with Crippen LogP contribution in [0.4, 0.5) is 5.69 Å². The molecule has 5 nitrogen and oxygen atoms in total. The van der Waals surface area contributed by atoms with Crippen molar-refractivity contribution in [1.82, 2.24) is 15.3 Å². The zero-order valence-corrected chi connectivity index (χ0v) is 12.2. The van der Waals surface area contributed by atoms with E-state index in [0.717, 1.165) is 12.8 Å². The number of aromatic nitrogens is 2. The first-order chi connectivity index (χ1) is 8.94. The van der Waals surface area contributed by atoms with Crippen LogP contribution in [0.3, 0.4) is 0 Å². The summed E-state index contributed by atoms with van der Waals surface area (Å²) in [6.45, 7) is 6.11. The van der Waals surface area contributed by atoms with Crippen molar-refractivity contribution in [2.45, 2.75) is 39.2 Å². The predicted octanol–water partition coefficient (Wildman–Crippen LogP) is 2.58. The van der Waals surface area contributed by atoms with Gasteiger partial charge in [-0.3, -0.25) is 4.79 Å². The molecule has 0 saturated carbocycles. The van der Waals surface area contributed by atoms with Crippen LogP contribution >= 0.6 is 11.3 Å². The van der Waals surface area contributed by atoms with Gasteiger partial charge in [-0.1, -0.05) is 13.3 Å². The normalized spacial score (nSPS) is 11.7. The van der Waals surface area contributed by atoms with Crippen molar-refractivity contribution >= 4 is 33.3 Å². The molecule has 2 rings (SSSR count). The van der Waals surface area contributed by atoms with Crippen molar-refractivity contribution in [2.24, 2.45) is 0 Å². The highest BCUT2D eigenvalue weighted by Gasteiger charge is 2.24. The Balaban J connectivity index is 2.29. The Kier molecular flexibility index (Phi) is 3.71. The van der Waals surface area contributed by atoms with Crippen molar-refractivity contribution in [1.29, 1.82) is 0 Å². The highest BCUT2D eigenvalue weighted by Crippen LogP contribution is 2.30. The number of carbonyl (C=O) groups is 1. The second-order valence-electron chi connectivity index (χ2n) is 5.14. The lowest BCUT2D eigenvalue weighted by atomic mass is 9.99. The van der Waals surface area contributed by atoms with E-state index >= 15 is 0 Å². The third kappa shape index (κ3) is 2.84. The fourth-order valence-electron chi connectivity index (χ4n) is 2.06. The number of hydrogen-bond donors (Lipinski definition) is 2. The first-order valence-electron chi connectivity index (χ1n) is 6.26. The van der Waals surface area contributed by atoms with Gasteiger partial charge in [-0.2, -0.15) is 0 Å². The molecule has 1 amide bonds. The largest absolute Gasteiger partial charge is 0.396 e. The lowest BCUT2D eigenvalue weighted by Gasteiger charge is -2.25. The van der Waals surface area contributed by atoms with E-state index in [0.29, 0.717) is 20.9 Å². The number of nitrogens with one attached hydrogen (secondary N) is 1.